The van der Waals surface area contributed by atoms with Gasteiger partial charge in [0.25, 0.3) is 0 Å². The van der Waals surface area contributed by atoms with Crippen LogP contribution in [0.4, 0.5) is 0 Å². The molecule has 2 heteroatoms. The zero-order valence-corrected chi connectivity index (χ0v) is 13.5. The number of hydrogen-bond acceptors (Lipinski definition) is 2. The van der Waals surface area contributed by atoms with E-state index in [-0.39, 0.29) is 0 Å². The van der Waals surface area contributed by atoms with Gasteiger partial charge >= 0.3 is 0 Å². The predicted octanol–water partition coefficient (Wildman–Crippen LogP) is 3.81. The molecule has 0 amide bonds. The van der Waals surface area contributed by atoms with Crippen molar-refractivity contribution in [1.82, 2.24) is 10.2 Å². The van der Waals surface area contributed by atoms with E-state index in [1.807, 2.05) is 0 Å². The molecule has 1 saturated heterocycles. The molecule has 1 N–H and O–H groups in total. The fraction of sp³-hybridized carbons (Fsp3) is 1.00. The summed E-state index contributed by atoms with van der Waals surface area (Å²) in [4.78, 5) is 2.90. The van der Waals surface area contributed by atoms with Crippen molar-refractivity contribution < 1.29 is 0 Å². The fourth-order valence-corrected chi connectivity index (χ4v) is 4.38. The lowest BCUT2D eigenvalue weighted by Gasteiger charge is -2.51. The van der Waals surface area contributed by atoms with Gasteiger partial charge in [0.1, 0.15) is 0 Å². The molecule has 0 radical (unpaired) electrons. The smallest absolute Gasteiger partial charge is 0.0337 e. The van der Waals surface area contributed by atoms with Gasteiger partial charge in [-0.1, -0.05) is 40.0 Å². The zero-order chi connectivity index (χ0) is 13.9. The van der Waals surface area contributed by atoms with Crippen molar-refractivity contribution in [2.24, 2.45) is 5.92 Å². The molecule has 0 aromatic carbocycles. The third-order valence-corrected chi connectivity index (χ3v) is 5.27. The Morgan fingerprint density at radius 2 is 1.89 bits per heavy atom. The van der Waals surface area contributed by atoms with E-state index in [2.05, 4.69) is 37.9 Å². The lowest BCUT2D eigenvalue weighted by Crippen LogP contribution is -2.65. The second-order valence-corrected chi connectivity index (χ2v) is 7.43. The maximum absolute atomic E-state index is 3.87. The Hall–Kier alpha value is -0.0800. The summed E-state index contributed by atoms with van der Waals surface area (Å²) in [5.41, 5.74) is 0.502. The average Bonchev–Trinajstić information content (AvgIpc) is 2.81. The Morgan fingerprint density at radius 3 is 2.47 bits per heavy atom. The van der Waals surface area contributed by atoms with Gasteiger partial charge in [-0.25, -0.2) is 0 Å². The van der Waals surface area contributed by atoms with Gasteiger partial charge in [0.2, 0.25) is 0 Å². The topological polar surface area (TPSA) is 15.3 Å². The molecule has 2 fully saturated rings. The van der Waals surface area contributed by atoms with Crippen molar-refractivity contribution in [1.29, 1.82) is 0 Å². The Bertz CT molecular complexity index is 268. The molecular formula is C17H34N2. The predicted molar refractivity (Wildman–Crippen MR) is 83.5 cm³/mol. The van der Waals surface area contributed by atoms with Crippen LogP contribution < -0.4 is 5.32 Å². The largest absolute Gasteiger partial charge is 0.311 e. The summed E-state index contributed by atoms with van der Waals surface area (Å²) in [5.74, 6) is 0.804. The highest BCUT2D eigenvalue weighted by atomic mass is 15.3. The van der Waals surface area contributed by atoms with E-state index in [1.165, 1.54) is 58.0 Å². The van der Waals surface area contributed by atoms with Crippen LogP contribution in [0.3, 0.4) is 0 Å². The van der Waals surface area contributed by atoms with E-state index in [9.17, 15) is 0 Å². The average molecular weight is 266 g/mol. The minimum atomic E-state index is 0.502. The van der Waals surface area contributed by atoms with Crippen LogP contribution in [0.2, 0.25) is 0 Å². The Labute approximate surface area is 120 Å². The molecular weight excluding hydrogens is 232 g/mol. The van der Waals surface area contributed by atoms with Crippen molar-refractivity contribution in [3.8, 4) is 0 Å². The van der Waals surface area contributed by atoms with Crippen molar-refractivity contribution >= 4 is 0 Å². The maximum Gasteiger partial charge on any atom is 0.0337 e. The van der Waals surface area contributed by atoms with Gasteiger partial charge in [0.15, 0.2) is 0 Å². The number of rotatable bonds is 5. The van der Waals surface area contributed by atoms with Crippen molar-refractivity contribution in [3.63, 3.8) is 0 Å². The summed E-state index contributed by atoms with van der Waals surface area (Å²) in [7, 11) is 0. The lowest BCUT2D eigenvalue weighted by molar-refractivity contribution is 0.00436. The van der Waals surface area contributed by atoms with Crippen molar-refractivity contribution in [2.45, 2.75) is 90.3 Å². The summed E-state index contributed by atoms with van der Waals surface area (Å²) < 4.78 is 0. The SMILES string of the molecule is CCCC(C)N1CC(CC(C)C)NCC12CCCC2. The standard InChI is InChI=1S/C17H34N2/c1-5-8-15(4)19-12-16(11-14(2)3)18-13-17(19)9-6-7-10-17/h14-16,18H,5-13H2,1-4H3. The van der Waals surface area contributed by atoms with Crippen LogP contribution in [0.15, 0.2) is 0 Å². The molecule has 2 rings (SSSR count). The molecule has 1 aliphatic heterocycles. The Balaban J connectivity index is 2.05. The number of piperazine rings is 1. The summed E-state index contributed by atoms with van der Waals surface area (Å²) in [6.07, 6.45) is 9.71. The van der Waals surface area contributed by atoms with Gasteiger partial charge in [-0.05, 0) is 38.5 Å². The number of nitrogens with one attached hydrogen (secondary N) is 1. The molecule has 19 heavy (non-hydrogen) atoms. The van der Waals surface area contributed by atoms with Crippen molar-refractivity contribution in [2.75, 3.05) is 13.1 Å². The highest BCUT2D eigenvalue weighted by Crippen LogP contribution is 2.39. The normalized spacial score (nSPS) is 29.2. The number of hydrogen-bond donors (Lipinski definition) is 1. The molecule has 2 aliphatic rings. The fourth-order valence-electron chi connectivity index (χ4n) is 4.38. The van der Waals surface area contributed by atoms with Gasteiger partial charge in [-0.2, -0.15) is 0 Å². The van der Waals surface area contributed by atoms with Crippen LogP contribution in [-0.2, 0) is 0 Å². The minimum absolute atomic E-state index is 0.502. The highest BCUT2D eigenvalue weighted by molar-refractivity contribution is 5.03. The van der Waals surface area contributed by atoms with Crippen LogP contribution in [0.25, 0.3) is 0 Å². The Morgan fingerprint density at radius 1 is 1.21 bits per heavy atom. The van der Waals surface area contributed by atoms with E-state index in [4.69, 9.17) is 0 Å². The molecule has 2 nitrogen and oxygen atoms in total. The first kappa shape index (κ1) is 15.3. The zero-order valence-electron chi connectivity index (χ0n) is 13.5. The van der Waals surface area contributed by atoms with E-state index in [1.54, 1.807) is 0 Å². The quantitative estimate of drug-likeness (QED) is 0.814. The lowest BCUT2D eigenvalue weighted by atomic mass is 9.87. The van der Waals surface area contributed by atoms with Crippen LogP contribution in [-0.4, -0.2) is 35.6 Å². The van der Waals surface area contributed by atoms with Crippen molar-refractivity contribution in [3.05, 3.63) is 0 Å². The summed E-state index contributed by atoms with van der Waals surface area (Å²) in [5, 5.41) is 3.87. The molecule has 0 aromatic heterocycles. The minimum Gasteiger partial charge on any atom is -0.311 e. The first-order valence-corrected chi connectivity index (χ1v) is 8.57. The third kappa shape index (κ3) is 3.52. The van der Waals surface area contributed by atoms with Gasteiger partial charge in [-0.3, -0.25) is 4.90 Å². The summed E-state index contributed by atoms with van der Waals surface area (Å²) in [6, 6.07) is 1.48. The van der Waals surface area contributed by atoms with Gasteiger partial charge in [0.05, 0.1) is 0 Å². The molecule has 2 unspecified atom stereocenters. The van der Waals surface area contributed by atoms with E-state index >= 15 is 0 Å². The first-order chi connectivity index (χ1) is 9.07. The van der Waals surface area contributed by atoms with Crippen LogP contribution in [0.1, 0.15) is 72.6 Å². The van der Waals surface area contributed by atoms with E-state index < -0.39 is 0 Å². The van der Waals surface area contributed by atoms with Crippen LogP contribution in [0, 0.1) is 5.92 Å². The molecule has 1 heterocycles. The van der Waals surface area contributed by atoms with E-state index in [0.717, 1.165) is 12.0 Å². The van der Waals surface area contributed by atoms with Crippen LogP contribution in [0.5, 0.6) is 0 Å². The molecule has 1 aliphatic carbocycles. The molecule has 2 atom stereocenters. The molecule has 0 aromatic rings. The summed E-state index contributed by atoms with van der Waals surface area (Å²) in [6.45, 7) is 12.0. The highest BCUT2D eigenvalue weighted by Gasteiger charge is 2.44. The maximum atomic E-state index is 3.87. The van der Waals surface area contributed by atoms with Gasteiger partial charge in [0, 0.05) is 30.7 Å². The first-order valence-electron chi connectivity index (χ1n) is 8.57. The second-order valence-electron chi connectivity index (χ2n) is 7.43. The third-order valence-electron chi connectivity index (χ3n) is 5.27. The van der Waals surface area contributed by atoms with Gasteiger partial charge < -0.3 is 5.32 Å². The molecule has 112 valence electrons. The van der Waals surface area contributed by atoms with Crippen LogP contribution >= 0.6 is 0 Å². The second kappa shape index (κ2) is 6.58. The summed E-state index contributed by atoms with van der Waals surface area (Å²) >= 11 is 0. The number of nitrogens with zero attached hydrogens (tertiary/aromatic N) is 1. The molecule has 1 spiro atoms. The molecule has 0 bridgehead atoms. The Kier molecular flexibility index (Phi) is 5.30. The monoisotopic (exact) mass is 266 g/mol. The van der Waals surface area contributed by atoms with Gasteiger partial charge in [-0.15, -0.1) is 0 Å². The van der Waals surface area contributed by atoms with E-state index in [0.29, 0.717) is 11.6 Å². The molecule has 1 saturated carbocycles.